The third-order valence-electron chi connectivity index (χ3n) is 4.32. The Morgan fingerprint density at radius 1 is 1.29 bits per heavy atom. The van der Waals surface area contributed by atoms with Gasteiger partial charge in [0.2, 0.25) is 0 Å². The van der Waals surface area contributed by atoms with Crippen molar-refractivity contribution >= 4 is 21.8 Å². The summed E-state index contributed by atoms with van der Waals surface area (Å²) in [5.41, 5.74) is 1.99. The maximum absolute atomic E-state index is 12.6. The highest BCUT2D eigenvalue weighted by Crippen LogP contribution is 2.18. The normalized spacial score (nSPS) is 16.9. The third kappa shape index (κ3) is 4.30. The molecule has 0 spiro atoms. The van der Waals surface area contributed by atoms with Crippen LogP contribution < -0.4 is 0 Å². The van der Waals surface area contributed by atoms with Gasteiger partial charge < -0.3 is 9.80 Å². The summed E-state index contributed by atoms with van der Waals surface area (Å²) in [4.78, 5) is 17.0. The van der Waals surface area contributed by atoms with Crippen LogP contribution in [0.1, 0.15) is 42.1 Å². The fourth-order valence-electron chi connectivity index (χ4n) is 2.95. The Kier molecular flexibility index (Phi) is 6.24. The minimum Gasteiger partial charge on any atom is -0.339 e. The zero-order valence-corrected chi connectivity index (χ0v) is 14.6. The summed E-state index contributed by atoms with van der Waals surface area (Å²) >= 11 is 3.43. The van der Waals surface area contributed by atoms with E-state index in [-0.39, 0.29) is 5.91 Å². The van der Waals surface area contributed by atoms with Crippen molar-refractivity contribution in [2.75, 3.05) is 26.7 Å². The second-order valence-electron chi connectivity index (χ2n) is 5.82. The van der Waals surface area contributed by atoms with Crippen LogP contribution in [0.4, 0.5) is 0 Å². The average molecular weight is 353 g/mol. The first-order chi connectivity index (χ1) is 10.2. The lowest BCUT2D eigenvalue weighted by atomic mass is 10.0. The van der Waals surface area contributed by atoms with Crippen LogP contribution in [0.15, 0.2) is 24.3 Å². The highest BCUT2D eigenvalue weighted by atomic mass is 79.9. The topological polar surface area (TPSA) is 23.6 Å². The van der Waals surface area contributed by atoms with Crippen LogP contribution in [-0.2, 0) is 5.33 Å². The first-order valence-electron chi connectivity index (χ1n) is 7.80. The van der Waals surface area contributed by atoms with Gasteiger partial charge in [-0.1, -0.05) is 35.0 Å². The lowest BCUT2D eigenvalue weighted by molar-refractivity contribution is 0.0642. The number of hydrogen-bond acceptors (Lipinski definition) is 2. The summed E-state index contributed by atoms with van der Waals surface area (Å²) < 4.78 is 0. The molecule has 0 aliphatic carbocycles. The number of piperidine rings is 1. The molecule has 0 atom stereocenters. The van der Waals surface area contributed by atoms with Crippen LogP contribution in [0.25, 0.3) is 0 Å². The molecule has 1 saturated heterocycles. The number of rotatable bonds is 5. The Hall–Kier alpha value is -0.870. The van der Waals surface area contributed by atoms with E-state index in [2.05, 4.69) is 27.8 Å². The van der Waals surface area contributed by atoms with Gasteiger partial charge in [0.25, 0.3) is 5.91 Å². The van der Waals surface area contributed by atoms with E-state index < -0.39 is 0 Å². The molecule has 1 amide bonds. The Bertz CT molecular complexity index is 452. The van der Waals surface area contributed by atoms with Gasteiger partial charge >= 0.3 is 0 Å². The van der Waals surface area contributed by atoms with Crippen LogP contribution >= 0.6 is 15.9 Å². The Labute approximate surface area is 136 Å². The predicted molar refractivity (Wildman–Crippen MR) is 90.9 cm³/mol. The maximum atomic E-state index is 12.6. The predicted octanol–water partition coefficient (Wildman–Crippen LogP) is 3.53. The van der Waals surface area contributed by atoms with E-state index in [1.54, 1.807) is 0 Å². The van der Waals surface area contributed by atoms with Gasteiger partial charge in [-0.15, -0.1) is 0 Å². The van der Waals surface area contributed by atoms with Gasteiger partial charge in [0, 0.05) is 37.1 Å². The Morgan fingerprint density at radius 3 is 2.43 bits per heavy atom. The molecule has 0 bridgehead atoms. The zero-order chi connectivity index (χ0) is 15.2. The Morgan fingerprint density at radius 2 is 1.90 bits per heavy atom. The lowest BCUT2D eigenvalue weighted by Crippen LogP contribution is -2.45. The van der Waals surface area contributed by atoms with Gasteiger partial charge in [-0.3, -0.25) is 4.79 Å². The molecule has 21 heavy (non-hydrogen) atoms. The molecule has 2 rings (SSSR count). The van der Waals surface area contributed by atoms with E-state index in [1.165, 1.54) is 18.5 Å². The van der Waals surface area contributed by atoms with E-state index in [0.717, 1.165) is 36.8 Å². The molecule has 4 heteroatoms. The molecule has 0 radical (unpaired) electrons. The van der Waals surface area contributed by atoms with Gasteiger partial charge in [-0.05, 0) is 43.5 Å². The van der Waals surface area contributed by atoms with E-state index in [1.807, 2.05) is 36.2 Å². The van der Waals surface area contributed by atoms with Crippen LogP contribution in [-0.4, -0.2) is 48.4 Å². The lowest BCUT2D eigenvalue weighted by Gasteiger charge is -2.36. The summed E-state index contributed by atoms with van der Waals surface area (Å²) in [7, 11) is 1.95. The number of alkyl halides is 1. The number of carbonyl (C=O) groups is 1. The molecule has 0 unspecified atom stereocenters. The van der Waals surface area contributed by atoms with Crippen LogP contribution in [0.2, 0.25) is 0 Å². The highest BCUT2D eigenvalue weighted by Gasteiger charge is 2.25. The molecule has 0 N–H and O–H groups in total. The zero-order valence-electron chi connectivity index (χ0n) is 13.0. The van der Waals surface area contributed by atoms with Crippen molar-refractivity contribution in [1.29, 1.82) is 0 Å². The first-order valence-corrected chi connectivity index (χ1v) is 8.92. The maximum Gasteiger partial charge on any atom is 0.253 e. The smallest absolute Gasteiger partial charge is 0.253 e. The van der Waals surface area contributed by atoms with Crippen molar-refractivity contribution in [3.63, 3.8) is 0 Å². The summed E-state index contributed by atoms with van der Waals surface area (Å²) in [6, 6.07) is 8.27. The summed E-state index contributed by atoms with van der Waals surface area (Å²) in [6.07, 6.45) is 3.38. The SMILES string of the molecule is CCCN1CCC(N(C)C(=O)c2ccc(CBr)cc2)CC1. The average Bonchev–Trinajstić information content (AvgIpc) is 2.54. The molecular formula is C17H25BrN2O. The van der Waals surface area contributed by atoms with Crippen molar-refractivity contribution in [1.82, 2.24) is 9.80 Å². The monoisotopic (exact) mass is 352 g/mol. The molecule has 1 heterocycles. The fourth-order valence-corrected chi connectivity index (χ4v) is 3.33. The van der Waals surface area contributed by atoms with Gasteiger partial charge in [-0.2, -0.15) is 0 Å². The van der Waals surface area contributed by atoms with Crippen LogP contribution in [0.5, 0.6) is 0 Å². The number of amides is 1. The molecule has 1 aliphatic heterocycles. The van der Waals surface area contributed by atoms with Gasteiger partial charge in [0.05, 0.1) is 0 Å². The summed E-state index contributed by atoms with van der Waals surface area (Å²) in [5.74, 6) is 0.144. The second kappa shape index (κ2) is 7.95. The number of hydrogen-bond donors (Lipinski definition) is 0. The van der Waals surface area contributed by atoms with E-state index in [9.17, 15) is 4.79 Å². The standard InChI is InChI=1S/C17H25BrN2O/c1-3-10-20-11-8-16(9-12-20)19(2)17(21)15-6-4-14(13-18)5-7-15/h4-7,16H,3,8-13H2,1-2H3. The number of benzene rings is 1. The largest absolute Gasteiger partial charge is 0.339 e. The molecule has 0 aromatic heterocycles. The molecule has 116 valence electrons. The number of nitrogens with zero attached hydrogens (tertiary/aromatic N) is 2. The van der Waals surface area contributed by atoms with Crippen molar-refractivity contribution in [3.8, 4) is 0 Å². The van der Waals surface area contributed by atoms with Crippen molar-refractivity contribution in [3.05, 3.63) is 35.4 Å². The molecule has 1 aromatic carbocycles. The number of likely N-dealkylation sites (tertiary alicyclic amines) is 1. The first kappa shape index (κ1) is 16.5. The van der Waals surface area contributed by atoms with E-state index >= 15 is 0 Å². The molecule has 1 fully saturated rings. The van der Waals surface area contributed by atoms with E-state index in [4.69, 9.17) is 0 Å². The number of carbonyl (C=O) groups excluding carboxylic acids is 1. The van der Waals surface area contributed by atoms with Gasteiger partial charge in [-0.25, -0.2) is 0 Å². The van der Waals surface area contributed by atoms with Crippen molar-refractivity contribution in [2.45, 2.75) is 37.6 Å². The van der Waals surface area contributed by atoms with Crippen LogP contribution in [0, 0.1) is 0 Å². The fraction of sp³-hybridized carbons (Fsp3) is 0.588. The highest BCUT2D eigenvalue weighted by molar-refractivity contribution is 9.08. The molecular weight excluding hydrogens is 328 g/mol. The number of halogens is 1. The molecule has 0 saturated carbocycles. The summed E-state index contributed by atoms with van der Waals surface area (Å²) in [6.45, 7) is 5.62. The molecule has 3 nitrogen and oxygen atoms in total. The van der Waals surface area contributed by atoms with Gasteiger partial charge in [0.15, 0.2) is 0 Å². The van der Waals surface area contributed by atoms with E-state index in [0.29, 0.717) is 6.04 Å². The third-order valence-corrected chi connectivity index (χ3v) is 4.97. The van der Waals surface area contributed by atoms with Crippen LogP contribution in [0.3, 0.4) is 0 Å². The Balaban J connectivity index is 1.93. The van der Waals surface area contributed by atoms with Gasteiger partial charge in [0.1, 0.15) is 0 Å². The molecule has 1 aliphatic rings. The second-order valence-corrected chi connectivity index (χ2v) is 6.38. The minimum absolute atomic E-state index is 0.144. The minimum atomic E-state index is 0.144. The van der Waals surface area contributed by atoms with Crippen molar-refractivity contribution < 1.29 is 4.79 Å². The van der Waals surface area contributed by atoms with Crippen molar-refractivity contribution in [2.24, 2.45) is 0 Å². The molecule has 1 aromatic rings. The summed E-state index contributed by atoms with van der Waals surface area (Å²) in [5, 5.41) is 0.827. The quantitative estimate of drug-likeness (QED) is 0.756.